The van der Waals surface area contributed by atoms with Crippen LogP contribution in [-0.2, 0) is 17.6 Å². The normalized spacial score (nSPS) is 28.3. The Morgan fingerprint density at radius 3 is 2.94 bits per heavy atom. The second kappa shape index (κ2) is 5.20. The number of halogens is 1. The largest absolute Gasteiger partial charge is 0.377 e. The molecule has 18 heavy (non-hydrogen) atoms. The molecule has 1 aromatic rings. The first-order chi connectivity index (χ1) is 8.72. The van der Waals surface area contributed by atoms with Gasteiger partial charge in [-0.2, -0.15) is 0 Å². The molecule has 0 radical (unpaired) electrons. The lowest BCUT2D eigenvalue weighted by Crippen LogP contribution is -2.43. The van der Waals surface area contributed by atoms with Crippen molar-refractivity contribution in [1.29, 1.82) is 0 Å². The molecule has 1 N–H and O–H groups in total. The van der Waals surface area contributed by atoms with E-state index >= 15 is 0 Å². The molecule has 3 heteroatoms. The van der Waals surface area contributed by atoms with Gasteiger partial charge in [0.1, 0.15) is 0 Å². The van der Waals surface area contributed by atoms with E-state index in [1.54, 1.807) is 0 Å². The van der Waals surface area contributed by atoms with Crippen LogP contribution >= 0.6 is 11.6 Å². The van der Waals surface area contributed by atoms with Gasteiger partial charge in [-0.25, -0.2) is 0 Å². The molecular weight excluding hydrogens is 246 g/mol. The number of rotatable bonds is 3. The van der Waals surface area contributed by atoms with Crippen LogP contribution in [0.3, 0.4) is 0 Å². The van der Waals surface area contributed by atoms with Crippen LogP contribution < -0.4 is 5.32 Å². The molecule has 1 fully saturated rings. The molecule has 3 unspecified atom stereocenters. The fraction of sp³-hybridized carbons (Fsp3) is 0.600. The minimum Gasteiger partial charge on any atom is -0.377 e. The maximum atomic E-state index is 6.04. The molecule has 1 saturated heterocycles. The SMILES string of the molecule is CC(NC1Cc2ccc(Cl)cc2C1)C1CCCO1. The van der Waals surface area contributed by atoms with E-state index in [-0.39, 0.29) is 0 Å². The number of ether oxygens (including phenoxy) is 1. The Morgan fingerprint density at radius 1 is 1.33 bits per heavy atom. The molecule has 3 rings (SSSR count). The number of fused-ring (bicyclic) bond motifs is 1. The van der Waals surface area contributed by atoms with Crippen LogP contribution in [0.25, 0.3) is 0 Å². The summed E-state index contributed by atoms with van der Waals surface area (Å²) in [6.07, 6.45) is 5.00. The van der Waals surface area contributed by atoms with Gasteiger partial charge in [-0.05, 0) is 55.9 Å². The zero-order chi connectivity index (χ0) is 12.5. The van der Waals surface area contributed by atoms with E-state index in [9.17, 15) is 0 Å². The lowest BCUT2D eigenvalue weighted by molar-refractivity contribution is 0.0801. The van der Waals surface area contributed by atoms with Crippen molar-refractivity contribution in [3.63, 3.8) is 0 Å². The summed E-state index contributed by atoms with van der Waals surface area (Å²) in [5.41, 5.74) is 2.84. The van der Waals surface area contributed by atoms with E-state index in [2.05, 4.69) is 24.4 Å². The zero-order valence-electron chi connectivity index (χ0n) is 10.8. The van der Waals surface area contributed by atoms with E-state index in [0.29, 0.717) is 18.2 Å². The second-order valence-corrected chi connectivity index (χ2v) is 5.96. The van der Waals surface area contributed by atoms with Crippen molar-refractivity contribution < 1.29 is 4.74 Å². The minimum atomic E-state index is 0.400. The summed E-state index contributed by atoms with van der Waals surface area (Å²) >= 11 is 6.04. The molecule has 1 aliphatic heterocycles. The third-order valence-electron chi connectivity index (χ3n) is 4.12. The lowest BCUT2D eigenvalue weighted by Gasteiger charge is -2.24. The number of hydrogen-bond donors (Lipinski definition) is 1. The molecule has 1 aliphatic carbocycles. The fourth-order valence-electron chi connectivity index (χ4n) is 3.18. The second-order valence-electron chi connectivity index (χ2n) is 5.53. The predicted molar refractivity (Wildman–Crippen MR) is 74.2 cm³/mol. The molecule has 3 atom stereocenters. The van der Waals surface area contributed by atoms with Gasteiger partial charge in [0.2, 0.25) is 0 Å². The smallest absolute Gasteiger partial charge is 0.0726 e. The summed E-state index contributed by atoms with van der Waals surface area (Å²) in [7, 11) is 0. The number of hydrogen-bond acceptors (Lipinski definition) is 2. The first-order valence-electron chi connectivity index (χ1n) is 6.87. The molecule has 98 valence electrons. The summed E-state index contributed by atoms with van der Waals surface area (Å²) in [6, 6.07) is 7.25. The molecule has 2 nitrogen and oxygen atoms in total. The van der Waals surface area contributed by atoms with Crippen molar-refractivity contribution in [3.8, 4) is 0 Å². The maximum absolute atomic E-state index is 6.04. The first kappa shape index (κ1) is 12.5. The van der Waals surface area contributed by atoms with E-state index in [1.165, 1.54) is 24.0 Å². The Kier molecular flexibility index (Phi) is 3.60. The quantitative estimate of drug-likeness (QED) is 0.907. The predicted octanol–water partition coefficient (Wildman–Crippen LogP) is 2.96. The van der Waals surface area contributed by atoms with Crippen LogP contribution in [0.1, 0.15) is 30.9 Å². The van der Waals surface area contributed by atoms with Gasteiger partial charge in [-0.1, -0.05) is 17.7 Å². The molecule has 1 heterocycles. The minimum absolute atomic E-state index is 0.400. The van der Waals surface area contributed by atoms with Gasteiger partial charge in [0.15, 0.2) is 0 Å². The van der Waals surface area contributed by atoms with Gasteiger partial charge in [-0.15, -0.1) is 0 Å². The van der Waals surface area contributed by atoms with Crippen molar-refractivity contribution in [3.05, 3.63) is 34.3 Å². The van der Waals surface area contributed by atoms with Crippen LogP contribution in [0, 0.1) is 0 Å². The average molecular weight is 266 g/mol. The lowest BCUT2D eigenvalue weighted by atomic mass is 10.1. The maximum Gasteiger partial charge on any atom is 0.0726 e. The van der Waals surface area contributed by atoms with E-state index in [1.807, 2.05) is 6.07 Å². The monoisotopic (exact) mass is 265 g/mol. The highest BCUT2D eigenvalue weighted by atomic mass is 35.5. The Hall–Kier alpha value is -0.570. The molecule has 0 spiro atoms. The highest BCUT2D eigenvalue weighted by Crippen LogP contribution is 2.26. The highest BCUT2D eigenvalue weighted by molar-refractivity contribution is 6.30. The number of benzene rings is 1. The summed E-state index contributed by atoms with van der Waals surface area (Å²) in [5.74, 6) is 0. The Bertz CT molecular complexity index is 429. The van der Waals surface area contributed by atoms with E-state index < -0.39 is 0 Å². The van der Waals surface area contributed by atoms with Crippen molar-refractivity contribution in [2.75, 3.05) is 6.61 Å². The summed E-state index contributed by atoms with van der Waals surface area (Å²) in [4.78, 5) is 0. The van der Waals surface area contributed by atoms with Crippen LogP contribution in [0.4, 0.5) is 0 Å². The van der Waals surface area contributed by atoms with Crippen molar-refractivity contribution >= 4 is 11.6 Å². The zero-order valence-corrected chi connectivity index (χ0v) is 11.5. The van der Waals surface area contributed by atoms with Crippen LogP contribution in [0.2, 0.25) is 5.02 Å². The fourth-order valence-corrected chi connectivity index (χ4v) is 3.38. The van der Waals surface area contributed by atoms with Gasteiger partial charge in [0, 0.05) is 23.7 Å². The van der Waals surface area contributed by atoms with Crippen molar-refractivity contribution in [2.45, 2.75) is 50.8 Å². The average Bonchev–Trinajstić information content (AvgIpc) is 2.95. The highest BCUT2D eigenvalue weighted by Gasteiger charge is 2.27. The molecule has 0 amide bonds. The standard InChI is InChI=1S/C15H20ClNO/c1-10(15-3-2-6-18-15)17-14-8-11-4-5-13(16)7-12(11)9-14/h4-5,7,10,14-15,17H,2-3,6,8-9H2,1H3. The molecule has 2 aliphatic rings. The van der Waals surface area contributed by atoms with E-state index in [0.717, 1.165) is 24.5 Å². The van der Waals surface area contributed by atoms with Crippen LogP contribution in [0.5, 0.6) is 0 Å². The molecular formula is C15H20ClNO. The molecule has 0 bridgehead atoms. The van der Waals surface area contributed by atoms with Gasteiger partial charge >= 0.3 is 0 Å². The van der Waals surface area contributed by atoms with Gasteiger partial charge in [-0.3, -0.25) is 0 Å². The topological polar surface area (TPSA) is 21.3 Å². The molecule has 0 aromatic heterocycles. The third kappa shape index (κ3) is 2.56. The summed E-state index contributed by atoms with van der Waals surface area (Å²) in [5, 5.41) is 4.57. The van der Waals surface area contributed by atoms with Gasteiger partial charge in [0.05, 0.1) is 6.10 Å². The molecule has 0 saturated carbocycles. The van der Waals surface area contributed by atoms with Gasteiger partial charge < -0.3 is 10.1 Å². The van der Waals surface area contributed by atoms with E-state index in [4.69, 9.17) is 16.3 Å². The van der Waals surface area contributed by atoms with Crippen LogP contribution in [-0.4, -0.2) is 24.8 Å². The van der Waals surface area contributed by atoms with Crippen molar-refractivity contribution in [2.24, 2.45) is 0 Å². The van der Waals surface area contributed by atoms with Crippen molar-refractivity contribution in [1.82, 2.24) is 5.32 Å². The Labute approximate surface area is 114 Å². The Balaban J connectivity index is 1.60. The van der Waals surface area contributed by atoms with Crippen LogP contribution in [0.15, 0.2) is 18.2 Å². The molecule has 1 aromatic carbocycles. The Morgan fingerprint density at radius 2 is 2.17 bits per heavy atom. The summed E-state index contributed by atoms with van der Waals surface area (Å²) in [6.45, 7) is 3.17. The number of nitrogens with one attached hydrogen (secondary N) is 1. The third-order valence-corrected chi connectivity index (χ3v) is 4.36. The summed E-state index contributed by atoms with van der Waals surface area (Å²) < 4.78 is 5.74. The first-order valence-corrected chi connectivity index (χ1v) is 7.25. The van der Waals surface area contributed by atoms with Gasteiger partial charge in [0.25, 0.3) is 0 Å².